The van der Waals surface area contributed by atoms with Crippen molar-refractivity contribution in [1.82, 2.24) is 5.32 Å². The van der Waals surface area contributed by atoms with E-state index in [2.05, 4.69) is 11.2 Å². The first kappa shape index (κ1) is 8.92. The first-order valence-corrected chi connectivity index (χ1v) is 4.43. The van der Waals surface area contributed by atoms with Crippen molar-refractivity contribution in [2.24, 2.45) is 0 Å². The van der Waals surface area contributed by atoms with Crippen LogP contribution >= 0.6 is 0 Å². The molecule has 1 aromatic carbocycles. The van der Waals surface area contributed by atoms with Crippen molar-refractivity contribution in [3.8, 4) is 23.8 Å². The molecular weight excluding hydrogens is 178 g/mol. The molecule has 0 bridgehead atoms. The van der Waals surface area contributed by atoms with Crippen LogP contribution in [-0.4, -0.2) is 13.3 Å². The van der Waals surface area contributed by atoms with Crippen LogP contribution in [0.2, 0.25) is 0 Å². The van der Waals surface area contributed by atoms with Crippen LogP contribution in [-0.2, 0) is 6.54 Å². The quantitative estimate of drug-likeness (QED) is 0.571. The Morgan fingerprint density at radius 1 is 1.36 bits per heavy atom. The number of hydrogen-bond donors (Lipinski definition) is 1. The highest BCUT2D eigenvalue weighted by molar-refractivity contribution is 5.44. The van der Waals surface area contributed by atoms with Gasteiger partial charge in [0.25, 0.3) is 0 Å². The van der Waals surface area contributed by atoms with E-state index in [9.17, 15) is 0 Å². The average molecular weight is 189 g/mol. The second kappa shape index (κ2) is 4.03. The van der Waals surface area contributed by atoms with Gasteiger partial charge in [0, 0.05) is 6.54 Å². The molecule has 1 aromatic rings. The Balaban J connectivity index is 2.02. The van der Waals surface area contributed by atoms with Crippen LogP contribution in [0, 0.1) is 12.3 Å². The van der Waals surface area contributed by atoms with Crippen molar-refractivity contribution in [2.75, 3.05) is 13.3 Å². The number of benzene rings is 1. The molecule has 3 heteroatoms. The van der Waals surface area contributed by atoms with E-state index in [1.54, 1.807) is 0 Å². The van der Waals surface area contributed by atoms with E-state index < -0.39 is 0 Å². The SMILES string of the molecule is C#CCNCc1ccc2c(c1)OCO2. The normalized spacial score (nSPS) is 12.5. The van der Waals surface area contributed by atoms with Crippen LogP contribution in [0.15, 0.2) is 18.2 Å². The molecule has 0 radical (unpaired) electrons. The van der Waals surface area contributed by atoms with Crippen LogP contribution in [0.5, 0.6) is 11.5 Å². The molecule has 1 aliphatic rings. The Morgan fingerprint density at radius 2 is 2.21 bits per heavy atom. The maximum absolute atomic E-state index is 5.26. The van der Waals surface area contributed by atoms with E-state index in [1.807, 2.05) is 18.2 Å². The molecule has 14 heavy (non-hydrogen) atoms. The summed E-state index contributed by atoms with van der Waals surface area (Å²) in [6, 6.07) is 5.87. The van der Waals surface area contributed by atoms with Gasteiger partial charge in [0.2, 0.25) is 6.79 Å². The molecule has 1 N–H and O–H groups in total. The molecule has 0 spiro atoms. The number of hydrogen-bond acceptors (Lipinski definition) is 3. The third-order valence-corrected chi connectivity index (χ3v) is 1.99. The van der Waals surface area contributed by atoms with Crippen LogP contribution in [0.25, 0.3) is 0 Å². The summed E-state index contributed by atoms with van der Waals surface area (Å²) in [5.41, 5.74) is 1.14. The van der Waals surface area contributed by atoms with Crippen molar-refractivity contribution in [1.29, 1.82) is 0 Å². The Labute approximate surface area is 83.0 Å². The molecule has 0 amide bonds. The highest BCUT2D eigenvalue weighted by atomic mass is 16.7. The lowest BCUT2D eigenvalue weighted by atomic mass is 10.2. The second-order valence-corrected chi connectivity index (χ2v) is 3.00. The van der Waals surface area contributed by atoms with Crippen LogP contribution < -0.4 is 14.8 Å². The fraction of sp³-hybridized carbons (Fsp3) is 0.273. The number of rotatable bonds is 3. The van der Waals surface area contributed by atoms with E-state index >= 15 is 0 Å². The average Bonchev–Trinajstić information content (AvgIpc) is 2.65. The maximum Gasteiger partial charge on any atom is 0.231 e. The molecule has 0 unspecified atom stereocenters. The smallest absolute Gasteiger partial charge is 0.231 e. The summed E-state index contributed by atoms with van der Waals surface area (Å²) in [4.78, 5) is 0. The number of fused-ring (bicyclic) bond motifs is 1. The van der Waals surface area contributed by atoms with Crippen molar-refractivity contribution in [3.05, 3.63) is 23.8 Å². The number of nitrogens with one attached hydrogen (secondary N) is 1. The molecule has 2 rings (SSSR count). The predicted octanol–water partition coefficient (Wildman–Crippen LogP) is 1.14. The van der Waals surface area contributed by atoms with E-state index in [-0.39, 0.29) is 0 Å². The van der Waals surface area contributed by atoms with Gasteiger partial charge in [0.05, 0.1) is 6.54 Å². The minimum Gasteiger partial charge on any atom is -0.454 e. The Morgan fingerprint density at radius 3 is 3.07 bits per heavy atom. The van der Waals surface area contributed by atoms with E-state index in [0.29, 0.717) is 13.3 Å². The molecule has 0 aliphatic carbocycles. The number of ether oxygens (including phenoxy) is 2. The maximum atomic E-state index is 5.26. The molecule has 0 saturated carbocycles. The zero-order valence-corrected chi connectivity index (χ0v) is 7.75. The molecule has 3 nitrogen and oxygen atoms in total. The molecular formula is C11H11NO2. The van der Waals surface area contributed by atoms with Crippen molar-refractivity contribution < 1.29 is 9.47 Å². The third-order valence-electron chi connectivity index (χ3n) is 1.99. The van der Waals surface area contributed by atoms with Gasteiger partial charge in [-0.15, -0.1) is 6.42 Å². The molecule has 72 valence electrons. The zero-order chi connectivity index (χ0) is 9.80. The Hall–Kier alpha value is -1.66. The van der Waals surface area contributed by atoms with E-state index in [4.69, 9.17) is 15.9 Å². The summed E-state index contributed by atoms with van der Waals surface area (Å²) >= 11 is 0. The summed E-state index contributed by atoms with van der Waals surface area (Å²) < 4.78 is 10.5. The number of terminal acetylenes is 1. The van der Waals surface area contributed by atoms with Gasteiger partial charge in [-0.1, -0.05) is 12.0 Å². The fourth-order valence-electron chi connectivity index (χ4n) is 1.33. The monoisotopic (exact) mass is 189 g/mol. The molecule has 0 atom stereocenters. The Kier molecular flexibility index (Phi) is 2.57. The lowest BCUT2D eigenvalue weighted by molar-refractivity contribution is 0.174. The topological polar surface area (TPSA) is 30.5 Å². The van der Waals surface area contributed by atoms with Crippen molar-refractivity contribution in [2.45, 2.75) is 6.54 Å². The largest absolute Gasteiger partial charge is 0.454 e. The molecule has 1 aliphatic heterocycles. The molecule has 0 saturated heterocycles. The third kappa shape index (κ3) is 1.81. The van der Waals surface area contributed by atoms with Crippen molar-refractivity contribution in [3.63, 3.8) is 0 Å². The van der Waals surface area contributed by atoms with Crippen LogP contribution in [0.1, 0.15) is 5.56 Å². The molecule has 1 heterocycles. The second-order valence-electron chi connectivity index (χ2n) is 3.00. The van der Waals surface area contributed by atoms with E-state index in [1.165, 1.54) is 0 Å². The lowest BCUT2D eigenvalue weighted by Gasteiger charge is -2.02. The first-order chi connectivity index (χ1) is 6.90. The first-order valence-electron chi connectivity index (χ1n) is 4.43. The summed E-state index contributed by atoms with van der Waals surface area (Å²) in [5.74, 6) is 4.14. The van der Waals surface area contributed by atoms with Gasteiger partial charge in [0.15, 0.2) is 11.5 Å². The van der Waals surface area contributed by atoms with Gasteiger partial charge in [-0.2, -0.15) is 0 Å². The van der Waals surface area contributed by atoms with Gasteiger partial charge >= 0.3 is 0 Å². The van der Waals surface area contributed by atoms with Crippen LogP contribution in [0.4, 0.5) is 0 Å². The van der Waals surface area contributed by atoms with Gasteiger partial charge in [0.1, 0.15) is 0 Å². The zero-order valence-electron chi connectivity index (χ0n) is 7.75. The Bertz CT molecular complexity index is 368. The van der Waals surface area contributed by atoms with Gasteiger partial charge in [-0.3, -0.25) is 0 Å². The van der Waals surface area contributed by atoms with E-state index in [0.717, 1.165) is 23.6 Å². The highest BCUT2D eigenvalue weighted by Crippen LogP contribution is 2.32. The minimum absolute atomic E-state index is 0.316. The summed E-state index contributed by atoms with van der Waals surface area (Å²) in [6.07, 6.45) is 5.13. The van der Waals surface area contributed by atoms with Gasteiger partial charge < -0.3 is 14.8 Å². The molecule has 0 fully saturated rings. The van der Waals surface area contributed by atoms with Gasteiger partial charge in [-0.05, 0) is 17.7 Å². The summed E-state index contributed by atoms with van der Waals surface area (Å²) in [5, 5.41) is 3.11. The fourth-order valence-corrected chi connectivity index (χ4v) is 1.33. The summed E-state index contributed by atoms with van der Waals surface area (Å²) in [6.45, 7) is 1.64. The van der Waals surface area contributed by atoms with Gasteiger partial charge in [-0.25, -0.2) is 0 Å². The van der Waals surface area contributed by atoms with Crippen molar-refractivity contribution >= 4 is 0 Å². The minimum atomic E-state index is 0.316. The highest BCUT2D eigenvalue weighted by Gasteiger charge is 2.12. The standard InChI is InChI=1S/C11H11NO2/c1-2-5-12-7-9-3-4-10-11(6-9)14-8-13-10/h1,3-4,6,12H,5,7-8H2. The summed E-state index contributed by atoms with van der Waals surface area (Å²) in [7, 11) is 0. The predicted molar refractivity (Wildman–Crippen MR) is 53.1 cm³/mol. The molecule has 0 aromatic heterocycles. The lowest BCUT2D eigenvalue weighted by Crippen LogP contribution is -2.12. The van der Waals surface area contributed by atoms with Crippen LogP contribution in [0.3, 0.4) is 0 Å².